The van der Waals surface area contributed by atoms with E-state index in [4.69, 9.17) is 0 Å². The van der Waals surface area contributed by atoms with E-state index in [2.05, 4.69) is 31.0 Å². The van der Waals surface area contributed by atoms with Gasteiger partial charge in [-0.2, -0.15) is 0 Å². The van der Waals surface area contributed by atoms with Crippen molar-refractivity contribution in [1.82, 2.24) is 4.98 Å². The number of H-pyrrole nitrogens is 1. The van der Waals surface area contributed by atoms with Crippen molar-refractivity contribution in [3.8, 4) is 0 Å². The van der Waals surface area contributed by atoms with E-state index in [0.717, 1.165) is 33.5 Å². The molecule has 150 valence electrons. The van der Waals surface area contributed by atoms with Crippen LogP contribution < -0.4 is 0 Å². The van der Waals surface area contributed by atoms with Crippen molar-refractivity contribution in [2.24, 2.45) is 5.41 Å². The first-order valence-electron chi connectivity index (χ1n) is 10.5. The van der Waals surface area contributed by atoms with Crippen molar-refractivity contribution in [3.63, 3.8) is 0 Å². The topological polar surface area (TPSA) is 49.9 Å². The third-order valence-electron chi connectivity index (χ3n) is 6.68. The van der Waals surface area contributed by atoms with Gasteiger partial charge in [-0.3, -0.25) is 9.59 Å². The molecule has 3 heteroatoms. The van der Waals surface area contributed by atoms with E-state index in [-0.39, 0.29) is 17.0 Å². The summed E-state index contributed by atoms with van der Waals surface area (Å²) in [5.41, 5.74) is 1.41. The number of carbonyl (C=O) groups excluding carboxylic acids is 2. The summed E-state index contributed by atoms with van der Waals surface area (Å²) in [4.78, 5) is 29.9. The standard InChI is InChI=1S/C27H25NO2/c1-26(2)13-24(29)27(3,16-26)23-15-28-14-22(23)25(30)21-12-17-8-4-5-9-18(17)19-10-6-7-11-20(19)21/h4-12,14-15,28H,13,16H2,1-3H3. The summed E-state index contributed by atoms with van der Waals surface area (Å²) >= 11 is 0. The van der Waals surface area contributed by atoms with Crippen molar-refractivity contribution >= 4 is 33.1 Å². The van der Waals surface area contributed by atoms with Gasteiger partial charge in [0.25, 0.3) is 0 Å². The van der Waals surface area contributed by atoms with E-state index in [9.17, 15) is 9.59 Å². The molecular weight excluding hydrogens is 370 g/mol. The van der Waals surface area contributed by atoms with Crippen LogP contribution in [-0.4, -0.2) is 16.6 Å². The van der Waals surface area contributed by atoms with Crippen LogP contribution in [0.4, 0.5) is 0 Å². The Hall–Kier alpha value is -3.20. The van der Waals surface area contributed by atoms with E-state index >= 15 is 0 Å². The van der Waals surface area contributed by atoms with E-state index in [1.807, 2.05) is 55.6 Å². The Morgan fingerprint density at radius 2 is 1.53 bits per heavy atom. The van der Waals surface area contributed by atoms with Gasteiger partial charge in [-0.05, 0) is 51.9 Å². The third-order valence-corrected chi connectivity index (χ3v) is 6.68. The predicted octanol–water partition coefficient (Wildman–Crippen LogP) is 6.20. The molecule has 1 saturated carbocycles. The maximum atomic E-state index is 13.8. The summed E-state index contributed by atoms with van der Waals surface area (Å²) in [5, 5.41) is 4.19. The molecule has 0 amide bonds. The van der Waals surface area contributed by atoms with Gasteiger partial charge in [-0.1, -0.05) is 62.4 Å². The zero-order valence-electron chi connectivity index (χ0n) is 17.6. The summed E-state index contributed by atoms with van der Waals surface area (Å²) < 4.78 is 0. The SMILES string of the molecule is CC1(C)CC(=O)C(C)(c2c[nH]cc2C(=O)c2cc3ccccc3c3ccccc23)C1. The highest BCUT2D eigenvalue weighted by atomic mass is 16.1. The third kappa shape index (κ3) is 2.72. The molecule has 0 spiro atoms. The molecule has 0 radical (unpaired) electrons. The van der Waals surface area contributed by atoms with Gasteiger partial charge in [-0.25, -0.2) is 0 Å². The van der Waals surface area contributed by atoms with Crippen LogP contribution in [-0.2, 0) is 10.2 Å². The van der Waals surface area contributed by atoms with Crippen LogP contribution in [0.15, 0.2) is 67.0 Å². The van der Waals surface area contributed by atoms with Gasteiger partial charge >= 0.3 is 0 Å². The van der Waals surface area contributed by atoms with Gasteiger partial charge in [0.1, 0.15) is 5.78 Å². The Bertz CT molecular complexity index is 1330. The lowest BCUT2D eigenvalue weighted by Gasteiger charge is -2.25. The number of hydrogen-bond acceptors (Lipinski definition) is 2. The molecule has 1 atom stereocenters. The second-order valence-corrected chi connectivity index (χ2v) is 9.58. The summed E-state index contributed by atoms with van der Waals surface area (Å²) in [7, 11) is 0. The molecule has 1 heterocycles. The number of fused-ring (bicyclic) bond motifs is 3. The molecular formula is C27H25NO2. The minimum Gasteiger partial charge on any atom is -0.367 e. The first kappa shape index (κ1) is 18.8. The molecule has 1 N–H and O–H groups in total. The number of rotatable bonds is 3. The molecule has 3 nitrogen and oxygen atoms in total. The minimum atomic E-state index is -0.638. The zero-order chi connectivity index (χ0) is 21.1. The van der Waals surface area contributed by atoms with E-state index in [0.29, 0.717) is 17.5 Å². The highest BCUT2D eigenvalue weighted by molar-refractivity contribution is 6.22. The van der Waals surface area contributed by atoms with Gasteiger partial charge < -0.3 is 4.98 Å². The van der Waals surface area contributed by atoms with Crippen molar-refractivity contribution in [2.45, 2.75) is 39.0 Å². The van der Waals surface area contributed by atoms with Crippen LogP contribution in [0, 0.1) is 5.41 Å². The number of carbonyl (C=O) groups is 2. The van der Waals surface area contributed by atoms with Crippen LogP contribution in [0.2, 0.25) is 0 Å². The fourth-order valence-corrected chi connectivity index (χ4v) is 5.39. The van der Waals surface area contributed by atoms with Gasteiger partial charge in [0.2, 0.25) is 0 Å². The average Bonchev–Trinajstić information content (AvgIpc) is 3.30. The van der Waals surface area contributed by atoms with E-state index in [1.165, 1.54) is 0 Å². The molecule has 1 aromatic heterocycles. The first-order valence-corrected chi connectivity index (χ1v) is 10.5. The van der Waals surface area contributed by atoms with Gasteiger partial charge in [0, 0.05) is 29.9 Å². The van der Waals surface area contributed by atoms with Crippen LogP contribution >= 0.6 is 0 Å². The highest BCUT2D eigenvalue weighted by Crippen LogP contribution is 2.49. The van der Waals surface area contributed by atoms with Gasteiger partial charge in [0.05, 0.1) is 5.41 Å². The largest absolute Gasteiger partial charge is 0.367 e. The van der Waals surface area contributed by atoms with Crippen LogP contribution in [0.25, 0.3) is 21.5 Å². The van der Waals surface area contributed by atoms with Crippen molar-refractivity contribution in [2.75, 3.05) is 0 Å². The van der Waals surface area contributed by atoms with Crippen molar-refractivity contribution in [3.05, 3.63) is 83.7 Å². The molecule has 0 saturated heterocycles. The Morgan fingerprint density at radius 3 is 2.23 bits per heavy atom. The number of ketones is 2. The number of Topliss-reactive ketones (excluding diaryl/α,β-unsaturated/α-hetero) is 1. The molecule has 0 aliphatic heterocycles. The number of benzene rings is 3. The molecule has 1 unspecified atom stereocenters. The monoisotopic (exact) mass is 395 g/mol. The van der Waals surface area contributed by atoms with Crippen molar-refractivity contribution in [1.29, 1.82) is 0 Å². The molecule has 1 aliphatic carbocycles. The van der Waals surface area contributed by atoms with Crippen LogP contribution in [0.3, 0.4) is 0 Å². The lowest BCUT2D eigenvalue weighted by Crippen LogP contribution is -2.28. The smallest absolute Gasteiger partial charge is 0.195 e. The number of aromatic nitrogens is 1. The fourth-order valence-electron chi connectivity index (χ4n) is 5.39. The minimum absolute atomic E-state index is 0.0352. The Labute approximate surface area is 176 Å². The summed E-state index contributed by atoms with van der Waals surface area (Å²) in [6, 6.07) is 18.2. The van der Waals surface area contributed by atoms with E-state index < -0.39 is 5.41 Å². The lowest BCUT2D eigenvalue weighted by atomic mass is 9.76. The normalized spacial score (nSPS) is 20.8. The average molecular weight is 396 g/mol. The fraction of sp³-hybridized carbons (Fsp3) is 0.259. The molecule has 1 aliphatic rings. The molecule has 3 aromatic carbocycles. The van der Waals surface area contributed by atoms with Crippen LogP contribution in [0.5, 0.6) is 0 Å². The predicted molar refractivity (Wildman–Crippen MR) is 121 cm³/mol. The highest BCUT2D eigenvalue weighted by Gasteiger charge is 2.49. The van der Waals surface area contributed by atoms with Gasteiger partial charge in [0.15, 0.2) is 5.78 Å². The maximum Gasteiger partial charge on any atom is 0.195 e. The quantitative estimate of drug-likeness (QED) is 0.332. The number of hydrogen-bond donors (Lipinski definition) is 1. The maximum absolute atomic E-state index is 13.8. The molecule has 1 fully saturated rings. The second-order valence-electron chi connectivity index (χ2n) is 9.58. The number of aromatic amines is 1. The number of nitrogens with one attached hydrogen (secondary N) is 1. The Kier molecular flexibility index (Phi) is 4.01. The second kappa shape index (κ2) is 6.40. The molecule has 4 aromatic rings. The summed E-state index contributed by atoms with van der Waals surface area (Å²) in [6.07, 6.45) is 4.89. The Balaban J connectivity index is 1.70. The Morgan fingerprint density at radius 1 is 0.867 bits per heavy atom. The van der Waals surface area contributed by atoms with Crippen LogP contribution in [0.1, 0.15) is 55.1 Å². The summed E-state index contributed by atoms with van der Waals surface area (Å²) in [6.45, 7) is 6.24. The molecule has 30 heavy (non-hydrogen) atoms. The zero-order valence-corrected chi connectivity index (χ0v) is 17.6. The lowest BCUT2D eigenvalue weighted by molar-refractivity contribution is -0.121. The molecule has 0 bridgehead atoms. The van der Waals surface area contributed by atoms with Crippen molar-refractivity contribution < 1.29 is 9.59 Å². The van der Waals surface area contributed by atoms with Gasteiger partial charge in [-0.15, -0.1) is 0 Å². The van der Waals surface area contributed by atoms with E-state index in [1.54, 1.807) is 6.20 Å². The first-order chi connectivity index (χ1) is 14.3. The summed E-state index contributed by atoms with van der Waals surface area (Å²) in [5.74, 6) is 0.177. The molecule has 5 rings (SSSR count).